The van der Waals surface area contributed by atoms with Crippen molar-refractivity contribution in [2.75, 3.05) is 31.6 Å². The summed E-state index contributed by atoms with van der Waals surface area (Å²) in [5.74, 6) is 0.591. The highest BCUT2D eigenvalue weighted by atomic mass is 16.5. The van der Waals surface area contributed by atoms with E-state index in [4.69, 9.17) is 4.74 Å². The van der Waals surface area contributed by atoms with E-state index in [0.29, 0.717) is 17.3 Å². The lowest BCUT2D eigenvalue weighted by molar-refractivity contribution is 0.0599. The van der Waals surface area contributed by atoms with Gasteiger partial charge >= 0.3 is 5.97 Å². The number of carbonyl (C=O) groups is 1. The third-order valence-electron chi connectivity index (χ3n) is 3.79. The van der Waals surface area contributed by atoms with Gasteiger partial charge in [-0.15, -0.1) is 0 Å². The second-order valence-electron chi connectivity index (χ2n) is 5.13. The minimum atomic E-state index is -0.331. The molecule has 0 saturated carbocycles. The molecule has 2 rings (SSSR count). The molecule has 1 N–H and O–H groups in total. The first-order valence-corrected chi connectivity index (χ1v) is 7.20. The zero-order chi connectivity index (χ0) is 14.5. The van der Waals surface area contributed by atoms with Crippen LogP contribution in [0.15, 0.2) is 12.1 Å². The van der Waals surface area contributed by atoms with Gasteiger partial charge in [0, 0.05) is 19.1 Å². The fourth-order valence-electron chi connectivity index (χ4n) is 2.61. The summed E-state index contributed by atoms with van der Waals surface area (Å²) < 4.78 is 4.75. The number of hydrogen-bond acceptors (Lipinski definition) is 5. The number of ether oxygens (including phenoxy) is 1. The van der Waals surface area contributed by atoms with Crippen molar-refractivity contribution in [3.05, 3.63) is 23.4 Å². The number of likely N-dealkylation sites (N-methyl/N-ethyl adjacent to an activating group) is 1. The molecule has 110 valence electrons. The summed E-state index contributed by atoms with van der Waals surface area (Å²) in [5, 5.41) is 3.50. The average molecular weight is 277 g/mol. The summed E-state index contributed by atoms with van der Waals surface area (Å²) in [6.45, 7) is 6.94. The van der Waals surface area contributed by atoms with Crippen molar-refractivity contribution in [2.45, 2.75) is 32.7 Å². The molecule has 1 unspecified atom stereocenters. The maximum atomic E-state index is 11.6. The highest BCUT2D eigenvalue weighted by Gasteiger charge is 2.19. The summed E-state index contributed by atoms with van der Waals surface area (Å²) >= 11 is 0. The maximum Gasteiger partial charge on any atom is 0.339 e. The van der Waals surface area contributed by atoms with Crippen LogP contribution < -0.4 is 10.2 Å². The van der Waals surface area contributed by atoms with E-state index in [0.717, 1.165) is 25.5 Å². The van der Waals surface area contributed by atoms with Crippen LogP contribution in [0.25, 0.3) is 0 Å². The SMILES string of the molecule is CCN(CC1CCCN1)c1ccc(C(=O)OC)c(C)n1. The van der Waals surface area contributed by atoms with Crippen LogP contribution in [-0.4, -0.2) is 43.7 Å². The number of methoxy groups -OCH3 is 1. The number of rotatable bonds is 5. The van der Waals surface area contributed by atoms with Gasteiger partial charge in [-0.1, -0.05) is 0 Å². The number of carbonyl (C=O) groups excluding carboxylic acids is 1. The summed E-state index contributed by atoms with van der Waals surface area (Å²) in [6.07, 6.45) is 2.46. The Bertz CT molecular complexity index is 470. The van der Waals surface area contributed by atoms with Crippen LogP contribution in [0, 0.1) is 6.92 Å². The number of aryl methyl sites for hydroxylation is 1. The summed E-state index contributed by atoms with van der Waals surface area (Å²) in [6, 6.07) is 4.24. The molecule has 5 nitrogen and oxygen atoms in total. The monoisotopic (exact) mass is 277 g/mol. The standard InChI is InChI=1S/C15H23N3O2/c1-4-18(10-12-6-5-9-16-12)14-8-7-13(11(2)17-14)15(19)20-3/h7-8,12,16H,4-6,9-10H2,1-3H3. The van der Waals surface area contributed by atoms with Crippen molar-refractivity contribution < 1.29 is 9.53 Å². The molecular formula is C15H23N3O2. The van der Waals surface area contributed by atoms with Gasteiger partial charge in [0.05, 0.1) is 18.4 Å². The third kappa shape index (κ3) is 3.28. The van der Waals surface area contributed by atoms with Crippen LogP contribution in [0.2, 0.25) is 0 Å². The van der Waals surface area contributed by atoms with E-state index in [1.165, 1.54) is 20.0 Å². The van der Waals surface area contributed by atoms with Gasteiger partial charge in [-0.05, 0) is 45.4 Å². The first kappa shape index (κ1) is 14.8. The number of pyridine rings is 1. The van der Waals surface area contributed by atoms with E-state index in [1.54, 1.807) is 6.07 Å². The van der Waals surface area contributed by atoms with Crippen molar-refractivity contribution >= 4 is 11.8 Å². The quantitative estimate of drug-likeness (QED) is 0.831. The van der Waals surface area contributed by atoms with Gasteiger partial charge in [-0.25, -0.2) is 9.78 Å². The Kier molecular flexibility index (Phi) is 4.95. The minimum absolute atomic E-state index is 0.331. The van der Waals surface area contributed by atoms with Gasteiger partial charge < -0.3 is 15.0 Å². The van der Waals surface area contributed by atoms with Crippen molar-refractivity contribution in [3.63, 3.8) is 0 Å². The van der Waals surface area contributed by atoms with E-state index >= 15 is 0 Å². The van der Waals surface area contributed by atoms with Gasteiger partial charge in [-0.3, -0.25) is 0 Å². The lowest BCUT2D eigenvalue weighted by Gasteiger charge is -2.26. The molecule has 1 aliphatic heterocycles. The Labute approximate surface area is 120 Å². The van der Waals surface area contributed by atoms with Crippen molar-refractivity contribution in [2.24, 2.45) is 0 Å². The van der Waals surface area contributed by atoms with Gasteiger partial charge in [0.15, 0.2) is 0 Å². The molecule has 1 atom stereocenters. The molecule has 0 amide bonds. The van der Waals surface area contributed by atoms with Crippen LogP contribution in [0.1, 0.15) is 35.8 Å². The van der Waals surface area contributed by atoms with Gasteiger partial charge in [-0.2, -0.15) is 0 Å². The normalized spacial score (nSPS) is 18.1. The van der Waals surface area contributed by atoms with Gasteiger partial charge in [0.1, 0.15) is 5.82 Å². The molecule has 0 radical (unpaired) electrons. The molecule has 0 aromatic carbocycles. The second kappa shape index (κ2) is 6.70. The lowest BCUT2D eigenvalue weighted by atomic mass is 10.2. The Morgan fingerprint density at radius 1 is 1.55 bits per heavy atom. The summed E-state index contributed by atoms with van der Waals surface area (Å²) in [7, 11) is 1.39. The second-order valence-corrected chi connectivity index (χ2v) is 5.13. The number of nitrogens with zero attached hydrogens (tertiary/aromatic N) is 2. The predicted octanol–water partition coefficient (Wildman–Crippen LogP) is 1.75. The summed E-state index contributed by atoms with van der Waals surface area (Å²) in [4.78, 5) is 18.4. The predicted molar refractivity (Wildman–Crippen MR) is 79.2 cm³/mol. The molecule has 0 spiro atoms. The number of esters is 1. The number of nitrogens with one attached hydrogen (secondary N) is 1. The van der Waals surface area contributed by atoms with E-state index in [1.807, 2.05) is 13.0 Å². The van der Waals surface area contributed by atoms with Crippen LogP contribution in [-0.2, 0) is 4.74 Å². The molecule has 0 aliphatic carbocycles. The van der Waals surface area contributed by atoms with Crippen LogP contribution in [0.4, 0.5) is 5.82 Å². The molecule has 1 aromatic rings. The highest BCUT2D eigenvalue weighted by Crippen LogP contribution is 2.17. The van der Waals surface area contributed by atoms with Crippen LogP contribution in [0.3, 0.4) is 0 Å². The zero-order valence-corrected chi connectivity index (χ0v) is 12.5. The molecule has 1 aromatic heterocycles. The van der Waals surface area contributed by atoms with E-state index in [-0.39, 0.29) is 5.97 Å². The largest absolute Gasteiger partial charge is 0.465 e. The van der Waals surface area contributed by atoms with Crippen LogP contribution >= 0.6 is 0 Å². The molecule has 0 bridgehead atoms. The number of aromatic nitrogens is 1. The molecule has 1 saturated heterocycles. The molecule has 1 fully saturated rings. The highest BCUT2D eigenvalue weighted by molar-refractivity contribution is 5.90. The van der Waals surface area contributed by atoms with Crippen LogP contribution in [0.5, 0.6) is 0 Å². The minimum Gasteiger partial charge on any atom is -0.465 e. The molecule has 5 heteroatoms. The molecule has 20 heavy (non-hydrogen) atoms. The molecule has 1 aliphatic rings. The first-order chi connectivity index (χ1) is 9.65. The number of anilines is 1. The Morgan fingerprint density at radius 3 is 2.90 bits per heavy atom. The van der Waals surface area contributed by atoms with Crippen molar-refractivity contribution in [1.82, 2.24) is 10.3 Å². The Morgan fingerprint density at radius 2 is 2.35 bits per heavy atom. The fourth-order valence-corrected chi connectivity index (χ4v) is 2.61. The number of hydrogen-bond donors (Lipinski definition) is 1. The molecular weight excluding hydrogens is 254 g/mol. The maximum absolute atomic E-state index is 11.6. The zero-order valence-electron chi connectivity index (χ0n) is 12.5. The topological polar surface area (TPSA) is 54.5 Å². The van der Waals surface area contributed by atoms with Crippen molar-refractivity contribution in [1.29, 1.82) is 0 Å². The van der Waals surface area contributed by atoms with Gasteiger partial charge in [0.25, 0.3) is 0 Å². The Balaban J connectivity index is 2.13. The Hall–Kier alpha value is -1.62. The average Bonchev–Trinajstić information content (AvgIpc) is 2.96. The first-order valence-electron chi connectivity index (χ1n) is 7.20. The fraction of sp³-hybridized carbons (Fsp3) is 0.600. The van der Waals surface area contributed by atoms with Crippen molar-refractivity contribution in [3.8, 4) is 0 Å². The third-order valence-corrected chi connectivity index (χ3v) is 3.79. The van der Waals surface area contributed by atoms with Gasteiger partial charge in [0.2, 0.25) is 0 Å². The molecule has 2 heterocycles. The van der Waals surface area contributed by atoms with E-state index in [9.17, 15) is 4.79 Å². The van der Waals surface area contributed by atoms with E-state index < -0.39 is 0 Å². The van der Waals surface area contributed by atoms with E-state index in [2.05, 4.69) is 22.1 Å². The summed E-state index contributed by atoms with van der Waals surface area (Å²) in [5.41, 5.74) is 1.25. The lowest BCUT2D eigenvalue weighted by Crippen LogP contribution is -2.38. The smallest absolute Gasteiger partial charge is 0.339 e.